The second-order valence-electron chi connectivity index (χ2n) is 5.67. The summed E-state index contributed by atoms with van der Waals surface area (Å²) in [5, 5.41) is 7.83. The molecule has 0 radical (unpaired) electrons. The Balaban J connectivity index is 1.71. The maximum absolute atomic E-state index is 13.2. The van der Waals surface area contributed by atoms with Crippen LogP contribution in [0.25, 0.3) is 0 Å². The number of fused-ring (bicyclic) bond motifs is 2. The molecule has 3 aromatic rings. The van der Waals surface area contributed by atoms with Gasteiger partial charge in [0.2, 0.25) is 11.0 Å². The van der Waals surface area contributed by atoms with Crippen LogP contribution in [0.15, 0.2) is 56.6 Å². The number of aromatic nitrogens is 2. The highest BCUT2D eigenvalue weighted by Crippen LogP contribution is 2.49. The van der Waals surface area contributed by atoms with E-state index in [1.807, 2.05) is 12.1 Å². The Morgan fingerprint density at radius 1 is 1.11 bits per heavy atom. The van der Waals surface area contributed by atoms with E-state index in [0.717, 1.165) is 40.1 Å². The van der Waals surface area contributed by atoms with Gasteiger partial charge in [-0.05, 0) is 30.3 Å². The van der Waals surface area contributed by atoms with Crippen LogP contribution in [-0.4, -0.2) is 21.9 Å². The molecule has 1 aliphatic heterocycles. The number of rotatable bonds is 3. The lowest BCUT2D eigenvalue weighted by molar-refractivity contribution is -0.137. The van der Waals surface area contributed by atoms with Crippen LogP contribution in [-0.2, 0) is 11.0 Å². The molecule has 144 valence electrons. The van der Waals surface area contributed by atoms with E-state index in [9.17, 15) is 18.0 Å². The number of carbonyl (C=O) groups is 1. The lowest BCUT2D eigenvalue weighted by atomic mass is 10.1. The summed E-state index contributed by atoms with van der Waals surface area (Å²) in [6.45, 7) is 0. The van der Waals surface area contributed by atoms with Crippen molar-refractivity contribution in [3.05, 3.63) is 48.0 Å². The summed E-state index contributed by atoms with van der Waals surface area (Å²) in [6, 6.07) is 10.6. The second kappa shape index (κ2) is 7.30. The summed E-state index contributed by atoms with van der Waals surface area (Å²) in [7, 11) is 0. The normalized spacial score (nSPS) is 13.2. The molecule has 2 N–H and O–H groups in total. The third kappa shape index (κ3) is 3.69. The zero-order valence-corrected chi connectivity index (χ0v) is 16.4. The molecule has 2 heterocycles. The highest BCUT2D eigenvalue weighted by atomic mass is 32.2. The van der Waals surface area contributed by atoms with Crippen LogP contribution in [0, 0.1) is 0 Å². The Bertz CT molecular complexity index is 1050. The molecule has 0 unspecified atom stereocenters. The molecule has 1 aliphatic rings. The molecule has 5 nitrogen and oxygen atoms in total. The first-order chi connectivity index (χ1) is 13.3. The molecule has 28 heavy (non-hydrogen) atoms. The zero-order valence-electron chi connectivity index (χ0n) is 13.9. The molecule has 0 atom stereocenters. The maximum Gasteiger partial charge on any atom is 0.416 e. The van der Waals surface area contributed by atoms with Gasteiger partial charge in [-0.15, -0.1) is 10.2 Å². The molecule has 0 saturated heterocycles. The van der Waals surface area contributed by atoms with Crippen LogP contribution in [0.2, 0.25) is 0 Å². The van der Waals surface area contributed by atoms with Gasteiger partial charge < -0.3 is 5.73 Å². The van der Waals surface area contributed by atoms with Crippen molar-refractivity contribution in [2.75, 3.05) is 16.4 Å². The van der Waals surface area contributed by atoms with Crippen LogP contribution >= 0.6 is 34.9 Å². The summed E-state index contributed by atoms with van der Waals surface area (Å²) in [4.78, 5) is 15.7. The predicted octanol–water partition coefficient (Wildman–Crippen LogP) is 5.06. The average molecular weight is 440 g/mol. The van der Waals surface area contributed by atoms with E-state index < -0.39 is 11.7 Å². The molecule has 0 saturated carbocycles. The van der Waals surface area contributed by atoms with Crippen molar-refractivity contribution >= 4 is 57.3 Å². The van der Waals surface area contributed by atoms with Gasteiger partial charge in [0.25, 0.3) is 0 Å². The van der Waals surface area contributed by atoms with Gasteiger partial charge in [0.1, 0.15) is 0 Å². The third-order valence-electron chi connectivity index (χ3n) is 3.84. The number of nitrogens with two attached hydrogens (primary N) is 1. The minimum atomic E-state index is -4.50. The monoisotopic (exact) mass is 440 g/mol. The van der Waals surface area contributed by atoms with Gasteiger partial charge in [0.15, 0.2) is 4.34 Å². The number of nitrogens with zero attached hydrogens (tertiary/aromatic N) is 3. The second-order valence-corrected chi connectivity index (χ2v) is 8.99. The molecule has 2 aromatic carbocycles. The van der Waals surface area contributed by atoms with Gasteiger partial charge in [0.05, 0.1) is 22.7 Å². The number of hydrogen-bond acceptors (Lipinski definition) is 7. The highest BCUT2D eigenvalue weighted by Gasteiger charge is 2.34. The van der Waals surface area contributed by atoms with Crippen molar-refractivity contribution in [3.63, 3.8) is 0 Å². The Hall–Kier alpha value is -2.24. The fourth-order valence-electron chi connectivity index (χ4n) is 2.67. The SMILES string of the molecule is Nc1nnc(SCC(=O)N2c3ccccc3Sc3ccc(C(F)(F)F)cc32)s1. The van der Waals surface area contributed by atoms with E-state index >= 15 is 0 Å². The molecule has 1 aromatic heterocycles. The molecule has 0 bridgehead atoms. The molecular formula is C17H11F3N4OS3. The first-order valence-electron chi connectivity index (χ1n) is 7.86. The standard InChI is InChI=1S/C17H11F3N4OS3/c18-17(19,20)9-5-6-13-11(7-9)24(10-3-1-2-4-12(10)27-13)14(25)8-26-16-23-22-15(21)28-16/h1-7H,8H2,(H2,21,22). The molecule has 0 fully saturated rings. The molecule has 4 rings (SSSR count). The number of anilines is 3. The Kier molecular flexibility index (Phi) is 4.98. The number of hydrogen-bond donors (Lipinski definition) is 1. The number of amides is 1. The summed E-state index contributed by atoms with van der Waals surface area (Å²) < 4.78 is 40.2. The van der Waals surface area contributed by atoms with Gasteiger partial charge in [-0.2, -0.15) is 13.2 Å². The number of halogens is 3. The average Bonchev–Trinajstić information content (AvgIpc) is 3.08. The minimum absolute atomic E-state index is 0.0106. The van der Waals surface area contributed by atoms with Crippen molar-refractivity contribution in [1.29, 1.82) is 0 Å². The summed E-state index contributed by atoms with van der Waals surface area (Å²) in [5.41, 5.74) is 5.52. The lowest BCUT2D eigenvalue weighted by Crippen LogP contribution is -2.30. The van der Waals surface area contributed by atoms with Gasteiger partial charge >= 0.3 is 6.18 Å². The number of benzene rings is 2. The number of thioether (sulfide) groups is 1. The summed E-state index contributed by atoms with van der Waals surface area (Å²) >= 11 is 3.63. The van der Waals surface area contributed by atoms with E-state index in [1.54, 1.807) is 12.1 Å². The van der Waals surface area contributed by atoms with Gasteiger partial charge in [-0.3, -0.25) is 9.69 Å². The van der Waals surface area contributed by atoms with Gasteiger partial charge in [0, 0.05) is 9.79 Å². The highest BCUT2D eigenvalue weighted by molar-refractivity contribution is 8.01. The number of nitrogen functional groups attached to an aromatic ring is 1. The quantitative estimate of drug-likeness (QED) is 0.574. The molecule has 0 aliphatic carbocycles. The Labute approximate surface area is 170 Å². The van der Waals surface area contributed by atoms with E-state index in [-0.39, 0.29) is 22.5 Å². The Morgan fingerprint density at radius 3 is 2.57 bits per heavy atom. The smallest absolute Gasteiger partial charge is 0.374 e. The fraction of sp³-hybridized carbons (Fsp3) is 0.118. The minimum Gasteiger partial charge on any atom is -0.374 e. The maximum atomic E-state index is 13.2. The number of carbonyl (C=O) groups excluding carboxylic acids is 1. The van der Waals surface area contributed by atoms with Crippen molar-refractivity contribution in [2.24, 2.45) is 0 Å². The van der Waals surface area contributed by atoms with E-state index in [2.05, 4.69) is 10.2 Å². The lowest BCUT2D eigenvalue weighted by Gasteiger charge is -2.31. The van der Waals surface area contributed by atoms with Crippen LogP contribution in [0.1, 0.15) is 5.56 Å². The first-order valence-corrected chi connectivity index (χ1v) is 10.5. The van der Waals surface area contributed by atoms with Crippen molar-refractivity contribution in [1.82, 2.24) is 10.2 Å². The molecule has 11 heteroatoms. The van der Waals surface area contributed by atoms with E-state index in [0.29, 0.717) is 14.9 Å². The molecule has 0 spiro atoms. The van der Waals surface area contributed by atoms with Crippen molar-refractivity contribution in [3.8, 4) is 0 Å². The number of para-hydroxylation sites is 1. The van der Waals surface area contributed by atoms with Crippen LogP contribution < -0.4 is 10.6 Å². The topological polar surface area (TPSA) is 72.1 Å². The van der Waals surface area contributed by atoms with Crippen LogP contribution in [0.5, 0.6) is 0 Å². The third-order valence-corrected chi connectivity index (χ3v) is 6.84. The summed E-state index contributed by atoms with van der Waals surface area (Å²) in [5.74, 6) is -0.365. The van der Waals surface area contributed by atoms with E-state index in [1.165, 1.54) is 22.7 Å². The first kappa shape index (κ1) is 19.1. The van der Waals surface area contributed by atoms with Gasteiger partial charge in [-0.25, -0.2) is 0 Å². The summed E-state index contributed by atoms with van der Waals surface area (Å²) in [6.07, 6.45) is -4.50. The van der Waals surface area contributed by atoms with E-state index in [4.69, 9.17) is 5.73 Å². The largest absolute Gasteiger partial charge is 0.416 e. The van der Waals surface area contributed by atoms with Crippen LogP contribution in [0.4, 0.5) is 29.7 Å². The van der Waals surface area contributed by atoms with Crippen molar-refractivity contribution in [2.45, 2.75) is 20.3 Å². The zero-order chi connectivity index (χ0) is 19.9. The van der Waals surface area contributed by atoms with Crippen LogP contribution in [0.3, 0.4) is 0 Å². The fourth-order valence-corrected chi connectivity index (χ4v) is 5.19. The number of alkyl halides is 3. The van der Waals surface area contributed by atoms with Crippen molar-refractivity contribution < 1.29 is 18.0 Å². The molecular weight excluding hydrogens is 429 g/mol. The Morgan fingerprint density at radius 2 is 1.86 bits per heavy atom. The molecule has 1 amide bonds. The predicted molar refractivity (Wildman–Crippen MR) is 104 cm³/mol. The van der Waals surface area contributed by atoms with Gasteiger partial charge in [-0.1, -0.05) is 47.0 Å².